The van der Waals surface area contributed by atoms with Crippen molar-refractivity contribution in [2.45, 2.75) is 70.9 Å². The van der Waals surface area contributed by atoms with Crippen molar-refractivity contribution in [2.24, 2.45) is 5.41 Å². The highest BCUT2D eigenvalue weighted by Crippen LogP contribution is 2.42. The van der Waals surface area contributed by atoms with Gasteiger partial charge in [0.15, 0.2) is 5.82 Å². The van der Waals surface area contributed by atoms with E-state index in [9.17, 15) is 8.78 Å². The summed E-state index contributed by atoms with van der Waals surface area (Å²) < 4.78 is 28.8. The van der Waals surface area contributed by atoms with Gasteiger partial charge in [-0.15, -0.1) is 10.2 Å². The standard InChI is InChI=1S/C15H24F2N4/c1-14(2,3)11-13-20-19-12(21(13)9-8-18-11)10-4-6-15(16,17)7-5-10/h10-11,18H,4-9H2,1-3H3. The quantitative estimate of drug-likeness (QED) is 0.865. The maximum absolute atomic E-state index is 13.3. The highest BCUT2D eigenvalue weighted by atomic mass is 19.3. The molecule has 1 unspecified atom stereocenters. The van der Waals surface area contributed by atoms with E-state index >= 15 is 0 Å². The fourth-order valence-corrected chi connectivity index (χ4v) is 3.48. The smallest absolute Gasteiger partial charge is 0.248 e. The lowest BCUT2D eigenvalue weighted by Gasteiger charge is -2.35. The zero-order valence-electron chi connectivity index (χ0n) is 13.0. The summed E-state index contributed by atoms with van der Waals surface area (Å²) in [6.45, 7) is 8.24. The predicted molar refractivity (Wildman–Crippen MR) is 76.4 cm³/mol. The molecule has 2 aliphatic rings. The van der Waals surface area contributed by atoms with Crippen LogP contribution in [0, 0.1) is 5.41 Å². The Balaban J connectivity index is 1.85. The van der Waals surface area contributed by atoms with Crippen LogP contribution in [0.4, 0.5) is 8.78 Å². The van der Waals surface area contributed by atoms with Crippen molar-refractivity contribution in [3.63, 3.8) is 0 Å². The van der Waals surface area contributed by atoms with E-state index in [-0.39, 0.29) is 30.2 Å². The Kier molecular flexibility index (Phi) is 3.55. The van der Waals surface area contributed by atoms with Crippen LogP contribution in [-0.4, -0.2) is 27.2 Å². The molecule has 21 heavy (non-hydrogen) atoms. The first-order chi connectivity index (χ1) is 9.78. The van der Waals surface area contributed by atoms with E-state index < -0.39 is 5.92 Å². The molecule has 3 rings (SSSR count). The summed E-state index contributed by atoms with van der Waals surface area (Å²) in [4.78, 5) is 0. The van der Waals surface area contributed by atoms with Crippen LogP contribution in [0.25, 0.3) is 0 Å². The number of rotatable bonds is 1. The maximum Gasteiger partial charge on any atom is 0.248 e. The molecule has 0 saturated heterocycles. The Morgan fingerprint density at radius 3 is 2.38 bits per heavy atom. The van der Waals surface area contributed by atoms with Crippen LogP contribution in [0.15, 0.2) is 0 Å². The summed E-state index contributed by atoms with van der Waals surface area (Å²) >= 11 is 0. The second-order valence-electron chi connectivity index (χ2n) is 7.45. The van der Waals surface area contributed by atoms with Gasteiger partial charge in [-0.25, -0.2) is 8.78 Å². The van der Waals surface area contributed by atoms with E-state index in [0.717, 1.165) is 24.7 Å². The molecule has 1 atom stereocenters. The first-order valence-corrected chi connectivity index (χ1v) is 7.82. The molecule has 1 N–H and O–H groups in total. The van der Waals surface area contributed by atoms with Gasteiger partial charge >= 0.3 is 0 Å². The first kappa shape index (κ1) is 14.9. The molecule has 0 radical (unpaired) electrons. The Bertz CT molecular complexity index is 508. The van der Waals surface area contributed by atoms with E-state index in [0.29, 0.717) is 12.8 Å². The molecule has 118 valence electrons. The van der Waals surface area contributed by atoms with E-state index in [2.05, 4.69) is 40.9 Å². The van der Waals surface area contributed by atoms with E-state index in [1.165, 1.54) is 0 Å². The number of fused-ring (bicyclic) bond motifs is 1. The van der Waals surface area contributed by atoms with Gasteiger partial charge in [-0.05, 0) is 18.3 Å². The third-order valence-corrected chi connectivity index (χ3v) is 4.70. The second-order valence-corrected chi connectivity index (χ2v) is 7.45. The van der Waals surface area contributed by atoms with Gasteiger partial charge in [0.05, 0.1) is 6.04 Å². The number of aromatic nitrogens is 3. The Labute approximate surface area is 124 Å². The minimum atomic E-state index is -2.49. The lowest BCUT2D eigenvalue weighted by atomic mass is 9.84. The summed E-state index contributed by atoms with van der Waals surface area (Å²) in [7, 11) is 0. The zero-order chi connectivity index (χ0) is 15.3. The molecule has 4 nitrogen and oxygen atoms in total. The third-order valence-electron chi connectivity index (χ3n) is 4.70. The van der Waals surface area contributed by atoms with Crippen molar-refractivity contribution in [2.75, 3.05) is 6.54 Å². The average Bonchev–Trinajstić information content (AvgIpc) is 2.81. The molecule has 0 amide bonds. The molecular formula is C15H24F2N4. The van der Waals surface area contributed by atoms with Crippen LogP contribution in [0.5, 0.6) is 0 Å². The van der Waals surface area contributed by atoms with Crippen molar-refractivity contribution >= 4 is 0 Å². The lowest BCUT2D eigenvalue weighted by molar-refractivity contribution is -0.0390. The van der Waals surface area contributed by atoms with Gasteiger partial charge in [0, 0.05) is 31.8 Å². The Hall–Kier alpha value is -1.04. The van der Waals surface area contributed by atoms with Crippen LogP contribution >= 0.6 is 0 Å². The number of hydrogen-bond donors (Lipinski definition) is 1. The SMILES string of the molecule is CC(C)(C)C1NCCn2c(C3CCC(F)(F)CC3)nnc21. The van der Waals surface area contributed by atoms with Crippen LogP contribution in [0.3, 0.4) is 0 Å². The lowest BCUT2D eigenvalue weighted by Crippen LogP contribution is -2.41. The number of hydrogen-bond acceptors (Lipinski definition) is 3. The van der Waals surface area contributed by atoms with Crippen molar-refractivity contribution in [1.29, 1.82) is 0 Å². The van der Waals surface area contributed by atoms with E-state index in [4.69, 9.17) is 0 Å². The summed E-state index contributed by atoms with van der Waals surface area (Å²) in [5.41, 5.74) is 0.0576. The molecule has 0 bridgehead atoms. The van der Waals surface area contributed by atoms with Gasteiger partial charge in [0.25, 0.3) is 0 Å². The Morgan fingerprint density at radius 2 is 1.76 bits per heavy atom. The fraction of sp³-hybridized carbons (Fsp3) is 0.867. The summed E-state index contributed by atoms with van der Waals surface area (Å²) in [6.07, 6.45) is 0.971. The fourth-order valence-electron chi connectivity index (χ4n) is 3.48. The highest BCUT2D eigenvalue weighted by Gasteiger charge is 2.39. The van der Waals surface area contributed by atoms with Crippen LogP contribution in [0.2, 0.25) is 0 Å². The zero-order valence-corrected chi connectivity index (χ0v) is 13.0. The molecule has 1 aromatic rings. The molecule has 0 spiro atoms. The number of halogens is 2. The van der Waals surface area contributed by atoms with Crippen LogP contribution < -0.4 is 5.32 Å². The van der Waals surface area contributed by atoms with Crippen LogP contribution in [-0.2, 0) is 6.54 Å². The number of alkyl halides is 2. The summed E-state index contributed by atoms with van der Waals surface area (Å²) in [5, 5.41) is 12.2. The summed E-state index contributed by atoms with van der Waals surface area (Å²) in [5.74, 6) is -0.488. The molecule has 2 heterocycles. The topological polar surface area (TPSA) is 42.7 Å². The first-order valence-electron chi connectivity index (χ1n) is 7.82. The molecule has 1 fully saturated rings. The minimum absolute atomic E-state index is 0.0270. The molecule has 1 saturated carbocycles. The second kappa shape index (κ2) is 5.00. The molecule has 0 aromatic carbocycles. The van der Waals surface area contributed by atoms with Gasteiger partial charge in [-0.2, -0.15) is 0 Å². The normalized spacial score (nSPS) is 26.6. The largest absolute Gasteiger partial charge is 0.312 e. The molecule has 1 aliphatic heterocycles. The van der Waals surface area contributed by atoms with Gasteiger partial charge in [-0.3, -0.25) is 0 Å². The van der Waals surface area contributed by atoms with Gasteiger partial charge < -0.3 is 9.88 Å². The number of nitrogens with zero attached hydrogens (tertiary/aromatic N) is 3. The molecular weight excluding hydrogens is 274 g/mol. The average molecular weight is 298 g/mol. The maximum atomic E-state index is 13.3. The van der Waals surface area contributed by atoms with Crippen molar-refractivity contribution in [1.82, 2.24) is 20.1 Å². The minimum Gasteiger partial charge on any atom is -0.312 e. The molecule has 1 aliphatic carbocycles. The van der Waals surface area contributed by atoms with E-state index in [1.54, 1.807) is 0 Å². The van der Waals surface area contributed by atoms with Gasteiger partial charge in [0.2, 0.25) is 5.92 Å². The van der Waals surface area contributed by atoms with E-state index in [1.807, 2.05) is 0 Å². The molecule has 1 aromatic heterocycles. The van der Waals surface area contributed by atoms with Gasteiger partial charge in [0.1, 0.15) is 5.82 Å². The van der Waals surface area contributed by atoms with Crippen LogP contribution in [0.1, 0.15) is 70.1 Å². The summed E-state index contributed by atoms with van der Waals surface area (Å²) in [6, 6.07) is 0.164. The predicted octanol–water partition coefficient (Wildman–Crippen LogP) is 3.26. The third kappa shape index (κ3) is 2.82. The van der Waals surface area contributed by atoms with Gasteiger partial charge in [-0.1, -0.05) is 20.8 Å². The van der Waals surface area contributed by atoms with Crippen molar-refractivity contribution in [3.05, 3.63) is 11.6 Å². The molecule has 6 heteroatoms. The highest BCUT2D eigenvalue weighted by molar-refractivity contribution is 5.11. The monoisotopic (exact) mass is 298 g/mol. The van der Waals surface area contributed by atoms with Crippen molar-refractivity contribution < 1.29 is 8.78 Å². The number of nitrogens with one attached hydrogen (secondary N) is 1. The Morgan fingerprint density at radius 1 is 1.14 bits per heavy atom. The van der Waals surface area contributed by atoms with Crippen molar-refractivity contribution in [3.8, 4) is 0 Å².